The van der Waals surface area contributed by atoms with Crippen molar-refractivity contribution in [2.45, 2.75) is 51.2 Å². The Balaban J connectivity index is 1.32. The van der Waals surface area contributed by atoms with Gasteiger partial charge in [-0.1, -0.05) is 72.8 Å². The number of rotatable bonds is 11. The summed E-state index contributed by atoms with van der Waals surface area (Å²) >= 11 is 2.27. The number of hydrogen-bond acceptors (Lipinski definition) is 3. The monoisotopic (exact) mass is 700 g/mol. The first-order chi connectivity index (χ1) is 21.4. The maximum absolute atomic E-state index is 14.2. The van der Waals surface area contributed by atoms with E-state index in [4.69, 9.17) is 0 Å². The van der Waals surface area contributed by atoms with E-state index in [1.807, 2.05) is 47.4 Å². The highest BCUT2D eigenvalue weighted by molar-refractivity contribution is 14.1. The van der Waals surface area contributed by atoms with Gasteiger partial charge in [-0.05, 0) is 96.3 Å². The number of nitrogens with zero attached hydrogens (tertiary/aromatic N) is 2. The van der Waals surface area contributed by atoms with E-state index < -0.39 is 0 Å². The third-order valence-corrected chi connectivity index (χ3v) is 9.20. The second kappa shape index (κ2) is 15.3. The Morgan fingerprint density at radius 1 is 0.932 bits per heavy atom. The van der Waals surface area contributed by atoms with Crippen LogP contribution in [0.5, 0.6) is 0 Å². The van der Waals surface area contributed by atoms with Crippen molar-refractivity contribution >= 4 is 40.5 Å². The Kier molecular flexibility index (Phi) is 11.1. The van der Waals surface area contributed by atoms with E-state index >= 15 is 0 Å². The lowest BCUT2D eigenvalue weighted by Gasteiger charge is -2.29. The van der Waals surface area contributed by atoms with Gasteiger partial charge in [-0.15, -0.1) is 0 Å². The fourth-order valence-corrected chi connectivity index (χ4v) is 6.32. The van der Waals surface area contributed by atoms with E-state index in [9.17, 15) is 9.59 Å². The van der Waals surface area contributed by atoms with Gasteiger partial charge in [-0.3, -0.25) is 9.59 Å². The lowest BCUT2D eigenvalue weighted by molar-refractivity contribution is -0.133. The van der Waals surface area contributed by atoms with Gasteiger partial charge in [0.25, 0.3) is 0 Å². The quantitative estimate of drug-likeness (QED) is 0.142. The van der Waals surface area contributed by atoms with E-state index in [0.717, 1.165) is 22.1 Å². The molecule has 0 unspecified atom stereocenters. The summed E-state index contributed by atoms with van der Waals surface area (Å²) in [7, 11) is 0. The Morgan fingerprint density at radius 2 is 1.55 bits per heavy atom. The second-order valence-electron chi connectivity index (χ2n) is 11.5. The average Bonchev–Trinajstić information content (AvgIpc) is 3.29. The molecule has 228 valence electrons. The zero-order chi connectivity index (χ0) is 30.9. The van der Waals surface area contributed by atoms with Crippen molar-refractivity contribution in [3.63, 3.8) is 0 Å². The molecule has 1 fully saturated rings. The van der Waals surface area contributed by atoms with E-state index in [2.05, 4.69) is 112 Å². The first kappa shape index (κ1) is 31.7. The zero-order valence-corrected chi connectivity index (χ0v) is 27.6. The summed E-state index contributed by atoms with van der Waals surface area (Å²) in [6, 6.07) is 32.8. The number of aromatic nitrogens is 1. The number of amides is 2. The van der Waals surface area contributed by atoms with E-state index in [1.54, 1.807) is 6.08 Å². The Labute approximate surface area is 274 Å². The predicted molar refractivity (Wildman–Crippen MR) is 186 cm³/mol. The zero-order valence-electron chi connectivity index (χ0n) is 25.5. The smallest absolute Gasteiger partial charge is 0.244 e. The van der Waals surface area contributed by atoms with Crippen molar-refractivity contribution in [3.8, 4) is 0 Å². The highest BCUT2D eigenvalue weighted by atomic mass is 127. The minimum absolute atomic E-state index is 0.0247. The molecule has 3 aromatic carbocycles. The van der Waals surface area contributed by atoms with Gasteiger partial charge in [0.05, 0.1) is 6.04 Å². The number of nitrogens with one attached hydrogen (secondary N) is 2. The van der Waals surface area contributed by atoms with Crippen molar-refractivity contribution in [1.82, 2.24) is 20.1 Å². The van der Waals surface area contributed by atoms with Gasteiger partial charge in [-0.25, -0.2) is 0 Å². The number of benzene rings is 3. The van der Waals surface area contributed by atoms with Crippen LogP contribution in [0.1, 0.15) is 46.8 Å². The summed E-state index contributed by atoms with van der Waals surface area (Å²) in [5.41, 5.74) is 5.76. The molecule has 2 amide bonds. The SMILES string of the molecule is Cc1ccc(C)n1CC[C@@H]1N[C@H](CNC(=O)/C=C/c2ccc(I)cc2)CCN(CC(c2ccccc2)c2ccccc2)C1=O. The van der Waals surface area contributed by atoms with Crippen LogP contribution in [0.25, 0.3) is 6.08 Å². The molecule has 0 spiro atoms. The highest BCUT2D eigenvalue weighted by Gasteiger charge is 2.32. The van der Waals surface area contributed by atoms with Crippen molar-refractivity contribution in [2.24, 2.45) is 0 Å². The van der Waals surface area contributed by atoms with Crippen molar-refractivity contribution in [3.05, 3.63) is 135 Å². The predicted octanol–water partition coefficient (Wildman–Crippen LogP) is 6.32. The molecule has 0 bridgehead atoms. The lowest BCUT2D eigenvalue weighted by Crippen LogP contribution is -2.49. The van der Waals surface area contributed by atoms with Gasteiger partial charge in [0, 0.05) is 59.2 Å². The summed E-state index contributed by atoms with van der Waals surface area (Å²) < 4.78 is 3.43. The van der Waals surface area contributed by atoms with Crippen LogP contribution in [-0.4, -0.2) is 53.0 Å². The maximum Gasteiger partial charge on any atom is 0.244 e. The van der Waals surface area contributed by atoms with Gasteiger partial charge in [-0.2, -0.15) is 0 Å². The number of halogens is 1. The number of carbonyl (C=O) groups is 2. The molecule has 0 radical (unpaired) electrons. The number of carbonyl (C=O) groups excluding carboxylic acids is 2. The van der Waals surface area contributed by atoms with Crippen LogP contribution in [0.2, 0.25) is 0 Å². The van der Waals surface area contributed by atoms with Gasteiger partial charge in [0.2, 0.25) is 11.8 Å². The Hall–Kier alpha value is -3.69. The van der Waals surface area contributed by atoms with Crippen LogP contribution in [0, 0.1) is 17.4 Å². The molecular formula is C37H41IN4O2. The van der Waals surface area contributed by atoms with Crippen molar-refractivity contribution < 1.29 is 9.59 Å². The van der Waals surface area contributed by atoms with Gasteiger partial charge in [0.1, 0.15) is 0 Å². The molecule has 44 heavy (non-hydrogen) atoms. The molecule has 5 rings (SSSR count). The van der Waals surface area contributed by atoms with Crippen molar-refractivity contribution in [2.75, 3.05) is 19.6 Å². The molecular weight excluding hydrogens is 659 g/mol. The van der Waals surface area contributed by atoms with Crippen LogP contribution in [0.4, 0.5) is 0 Å². The Morgan fingerprint density at radius 3 is 2.16 bits per heavy atom. The summed E-state index contributed by atoms with van der Waals surface area (Å²) in [4.78, 5) is 29.0. The largest absolute Gasteiger partial charge is 0.351 e. The summed E-state index contributed by atoms with van der Waals surface area (Å²) in [6.07, 6.45) is 4.83. The van der Waals surface area contributed by atoms with Crippen LogP contribution >= 0.6 is 22.6 Å². The minimum atomic E-state index is -0.352. The van der Waals surface area contributed by atoms with Crippen LogP contribution < -0.4 is 10.6 Å². The molecule has 2 N–H and O–H groups in total. The average molecular weight is 701 g/mol. The Bertz CT molecular complexity index is 1490. The molecule has 2 atom stereocenters. The van der Waals surface area contributed by atoms with E-state index in [-0.39, 0.29) is 29.8 Å². The molecule has 0 saturated carbocycles. The normalized spacial score (nSPS) is 17.3. The molecule has 1 aromatic heterocycles. The first-order valence-electron chi connectivity index (χ1n) is 15.4. The molecule has 0 aliphatic carbocycles. The molecule has 6 nitrogen and oxygen atoms in total. The topological polar surface area (TPSA) is 66.4 Å². The third-order valence-electron chi connectivity index (χ3n) is 8.48. The van der Waals surface area contributed by atoms with Crippen molar-refractivity contribution in [1.29, 1.82) is 0 Å². The molecule has 4 aromatic rings. The fourth-order valence-electron chi connectivity index (χ4n) is 5.96. The third kappa shape index (κ3) is 8.48. The van der Waals surface area contributed by atoms with Crippen LogP contribution in [0.3, 0.4) is 0 Å². The van der Waals surface area contributed by atoms with E-state index in [1.165, 1.54) is 22.5 Å². The highest BCUT2D eigenvalue weighted by Crippen LogP contribution is 2.27. The first-order valence-corrected chi connectivity index (χ1v) is 16.4. The molecule has 1 saturated heterocycles. The number of aryl methyl sites for hydroxylation is 2. The van der Waals surface area contributed by atoms with Crippen LogP contribution in [-0.2, 0) is 16.1 Å². The summed E-state index contributed by atoms with van der Waals surface area (Å²) in [6.45, 7) is 6.64. The van der Waals surface area contributed by atoms with Crippen LogP contribution in [0.15, 0.2) is 103 Å². The summed E-state index contributed by atoms with van der Waals surface area (Å²) in [5, 5.41) is 6.71. The van der Waals surface area contributed by atoms with Gasteiger partial charge < -0.3 is 20.1 Å². The molecule has 2 heterocycles. The number of hydrogen-bond donors (Lipinski definition) is 2. The van der Waals surface area contributed by atoms with E-state index in [0.29, 0.717) is 26.1 Å². The summed E-state index contributed by atoms with van der Waals surface area (Å²) in [5.74, 6) is 0.0523. The minimum Gasteiger partial charge on any atom is -0.351 e. The maximum atomic E-state index is 14.2. The lowest BCUT2D eigenvalue weighted by atomic mass is 9.90. The molecule has 7 heteroatoms. The standard InChI is InChI=1S/C37H41IN4O2/c1-27-13-14-28(2)42(27)24-22-35-37(44)41(26-34(30-9-5-3-6-10-30)31-11-7-4-8-12-31)23-21-33(40-35)25-39-36(43)20-17-29-15-18-32(38)19-16-29/h3-20,33-35,40H,21-26H2,1-2H3,(H,39,43)/b20-17+/t33-,35-/m0/s1. The second-order valence-corrected chi connectivity index (χ2v) is 12.8. The molecule has 1 aliphatic rings. The van der Waals surface area contributed by atoms with Gasteiger partial charge >= 0.3 is 0 Å². The van der Waals surface area contributed by atoms with Gasteiger partial charge in [0.15, 0.2) is 0 Å². The molecule has 1 aliphatic heterocycles. The fraction of sp³-hybridized carbons (Fsp3) is 0.297.